The lowest BCUT2D eigenvalue weighted by Gasteiger charge is -2.36. The number of likely N-dealkylation sites (tertiary alicyclic amines) is 1. The minimum absolute atomic E-state index is 0.782. The second-order valence-corrected chi connectivity index (χ2v) is 5.65. The molecule has 2 rings (SSSR count). The van der Waals surface area contributed by atoms with E-state index in [4.69, 9.17) is 0 Å². The van der Waals surface area contributed by atoms with Crippen LogP contribution in [0.2, 0.25) is 0 Å². The zero-order valence-electron chi connectivity index (χ0n) is 9.94. The second-order valence-electron chi connectivity index (χ2n) is 5.65. The molecule has 1 N–H and O–H groups in total. The lowest BCUT2D eigenvalue weighted by atomic mass is 9.68. The fourth-order valence-corrected chi connectivity index (χ4v) is 3.77. The summed E-state index contributed by atoms with van der Waals surface area (Å²) in [5.74, 6) is 1.06. The predicted molar refractivity (Wildman–Crippen MR) is 60.5 cm³/mol. The van der Waals surface area contributed by atoms with Crippen molar-refractivity contribution in [2.45, 2.75) is 52.4 Å². The lowest BCUT2D eigenvalue weighted by Crippen LogP contribution is -3.10. The molecule has 3 unspecified atom stereocenters. The molecular weight excluding hydrogens is 170 g/mol. The van der Waals surface area contributed by atoms with E-state index in [1.54, 1.807) is 6.42 Å². The molecule has 1 nitrogen and oxygen atoms in total. The molecule has 1 aliphatic heterocycles. The van der Waals surface area contributed by atoms with Crippen LogP contribution in [0.15, 0.2) is 0 Å². The van der Waals surface area contributed by atoms with Crippen LogP contribution in [0.3, 0.4) is 0 Å². The van der Waals surface area contributed by atoms with Crippen LogP contribution in [0.4, 0.5) is 0 Å². The third-order valence-electron chi connectivity index (χ3n) is 4.75. The van der Waals surface area contributed by atoms with Crippen LogP contribution in [-0.4, -0.2) is 19.6 Å². The number of nitrogens with one attached hydrogen (secondary N) is 1. The molecule has 3 atom stereocenters. The van der Waals surface area contributed by atoms with Crippen molar-refractivity contribution in [2.75, 3.05) is 19.6 Å². The maximum atomic E-state index is 2.38. The Balaban J connectivity index is 1.95. The van der Waals surface area contributed by atoms with E-state index in [0.717, 1.165) is 11.3 Å². The molecule has 1 heteroatoms. The number of rotatable bonds is 2. The van der Waals surface area contributed by atoms with E-state index >= 15 is 0 Å². The van der Waals surface area contributed by atoms with Gasteiger partial charge in [0, 0.05) is 11.8 Å². The van der Waals surface area contributed by atoms with Gasteiger partial charge in [0.1, 0.15) is 0 Å². The topological polar surface area (TPSA) is 4.44 Å². The number of quaternary nitrogens is 1. The third kappa shape index (κ3) is 1.98. The summed E-state index contributed by atoms with van der Waals surface area (Å²) in [6, 6.07) is 0. The van der Waals surface area contributed by atoms with Gasteiger partial charge in [-0.2, -0.15) is 0 Å². The van der Waals surface area contributed by atoms with E-state index in [2.05, 4.69) is 13.8 Å². The smallest absolute Gasteiger partial charge is 0.0830 e. The summed E-state index contributed by atoms with van der Waals surface area (Å²) in [5, 5.41) is 0. The zero-order chi connectivity index (χ0) is 10.0. The maximum absolute atomic E-state index is 2.38. The van der Waals surface area contributed by atoms with Crippen molar-refractivity contribution >= 4 is 0 Å². The molecule has 1 heterocycles. The van der Waals surface area contributed by atoms with Gasteiger partial charge in [-0.15, -0.1) is 0 Å². The standard InChI is InChI=1S/C13H25N/c1-3-12-6-5-7-13(10-12)8-9-14(4-2)11-13/h12H,3-11H2,1-2H3/p+1. The monoisotopic (exact) mass is 196 g/mol. The van der Waals surface area contributed by atoms with Gasteiger partial charge in [0.15, 0.2) is 0 Å². The third-order valence-corrected chi connectivity index (χ3v) is 4.75. The Kier molecular flexibility index (Phi) is 3.16. The Labute approximate surface area is 88.9 Å². The first-order valence-electron chi connectivity index (χ1n) is 6.61. The highest BCUT2D eigenvalue weighted by atomic mass is 15.1. The second kappa shape index (κ2) is 4.22. The van der Waals surface area contributed by atoms with E-state index in [1.165, 1.54) is 51.7 Å². The van der Waals surface area contributed by atoms with Crippen molar-refractivity contribution < 1.29 is 4.90 Å². The molecule has 0 bridgehead atoms. The molecule has 1 spiro atoms. The molecule has 14 heavy (non-hydrogen) atoms. The molecule has 0 aromatic carbocycles. The molecular formula is C13H26N+. The summed E-state index contributed by atoms with van der Waals surface area (Å²) in [6.07, 6.45) is 9.05. The van der Waals surface area contributed by atoms with Gasteiger partial charge in [-0.3, -0.25) is 0 Å². The molecule has 1 saturated carbocycles. The molecule has 2 aliphatic rings. The van der Waals surface area contributed by atoms with Crippen molar-refractivity contribution in [3.63, 3.8) is 0 Å². The van der Waals surface area contributed by atoms with E-state index < -0.39 is 0 Å². The molecule has 0 aromatic rings. The Morgan fingerprint density at radius 2 is 2.14 bits per heavy atom. The van der Waals surface area contributed by atoms with Gasteiger partial charge in [-0.05, 0) is 25.7 Å². The highest BCUT2D eigenvalue weighted by Crippen LogP contribution is 2.43. The van der Waals surface area contributed by atoms with Gasteiger partial charge in [0.05, 0.1) is 19.6 Å². The van der Waals surface area contributed by atoms with E-state index in [-0.39, 0.29) is 0 Å². The number of hydrogen-bond donors (Lipinski definition) is 1. The highest BCUT2D eigenvalue weighted by Gasteiger charge is 2.43. The van der Waals surface area contributed by atoms with E-state index in [1.807, 2.05) is 4.90 Å². The normalized spacial score (nSPS) is 43.3. The molecule has 1 saturated heterocycles. The minimum atomic E-state index is 0.782. The molecule has 0 aromatic heterocycles. The fraction of sp³-hybridized carbons (Fsp3) is 1.00. The molecule has 0 radical (unpaired) electrons. The average Bonchev–Trinajstić information content (AvgIpc) is 2.61. The van der Waals surface area contributed by atoms with Gasteiger partial charge in [-0.1, -0.05) is 26.2 Å². The van der Waals surface area contributed by atoms with Crippen LogP contribution >= 0.6 is 0 Å². The van der Waals surface area contributed by atoms with Crippen LogP contribution in [0.5, 0.6) is 0 Å². The highest BCUT2D eigenvalue weighted by molar-refractivity contribution is 4.87. The quantitative estimate of drug-likeness (QED) is 0.688. The minimum Gasteiger partial charge on any atom is -0.335 e. The number of hydrogen-bond acceptors (Lipinski definition) is 0. The van der Waals surface area contributed by atoms with E-state index in [0.29, 0.717) is 0 Å². The Bertz CT molecular complexity index is 190. The average molecular weight is 196 g/mol. The molecule has 82 valence electrons. The van der Waals surface area contributed by atoms with Crippen molar-refractivity contribution in [1.82, 2.24) is 0 Å². The largest absolute Gasteiger partial charge is 0.335 e. The summed E-state index contributed by atoms with van der Waals surface area (Å²) in [5.41, 5.74) is 0.782. The van der Waals surface area contributed by atoms with Crippen molar-refractivity contribution in [3.8, 4) is 0 Å². The van der Waals surface area contributed by atoms with Gasteiger partial charge in [0.25, 0.3) is 0 Å². The zero-order valence-corrected chi connectivity index (χ0v) is 9.94. The maximum Gasteiger partial charge on any atom is 0.0830 e. The molecule has 1 aliphatic carbocycles. The lowest BCUT2D eigenvalue weighted by molar-refractivity contribution is -0.888. The van der Waals surface area contributed by atoms with Crippen molar-refractivity contribution in [2.24, 2.45) is 11.3 Å². The predicted octanol–water partition coefficient (Wildman–Crippen LogP) is 1.88. The summed E-state index contributed by atoms with van der Waals surface area (Å²) in [6.45, 7) is 9.00. The SMILES string of the molecule is CCC1CCCC2(CC[NH+](CC)C2)C1. The Morgan fingerprint density at radius 1 is 1.29 bits per heavy atom. The van der Waals surface area contributed by atoms with Gasteiger partial charge < -0.3 is 4.90 Å². The van der Waals surface area contributed by atoms with Gasteiger partial charge in [0.2, 0.25) is 0 Å². The van der Waals surface area contributed by atoms with Crippen LogP contribution < -0.4 is 4.90 Å². The van der Waals surface area contributed by atoms with Crippen molar-refractivity contribution in [3.05, 3.63) is 0 Å². The first-order valence-corrected chi connectivity index (χ1v) is 6.61. The van der Waals surface area contributed by atoms with Crippen LogP contribution in [0, 0.1) is 11.3 Å². The summed E-state index contributed by atoms with van der Waals surface area (Å²) < 4.78 is 0. The van der Waals surface area contributed by atoms with Crippen molar-refractivity contribution in [1.29, 1.82) is 0 Å². The summed E-state index contributed by atoms with van der Waals surface area (Å²) >= 11 is 0. The first-order chi connectivity index (χ1) is 6.78. The van der Waals surface area contributed by atoms with Gasteiger partial charge in [-0.25, -0.2) is 0 Å². The van der Waals surface area contributed by atoms with Crippen LogP contribution in [0.1, 0.15) is 52.4 Å². The summed E-state index contributed by atoms with van der Waals surface area (Å²) in [4.78, 5) is 1.86. The first kappa shape index (κ1) is 10.5. The van der Waals surface area contributed by atoms with E-state index in [9.17, 15) is 0 Å². The fourth-order valence-electron chi connectivity index (χ4n) is 3.77. The Hall–Kier alpha value is -0.0400. The molecule has 2 fully saturated rings. The van der Waals surface area contributed by atoms with Crippen LogP contribution in [-0.2, 0) is 0 Å². The van der Waals surface area contributed by atoms with Gasteiger partial charge >= 0.3 is 0 Å². The van der Waals surface area contributed by atoms with Crippen LogP contribution in [0.25, 0.3) is 0 Å². The Morgan fingerprint density at radius 3 is 2.79 bits per heavy atom. The molecule has 0 amide bonds. The summed E-state index contributed by atoms with van der Waals surface area (Å²) in [7, 11) is 0.